The molecule has 1 heterocycles. The Bertz CT molecular complexity index is 1260. The summed E-state index contributed by atoms with van der Waals surface area (Å²) in [5.74, 6) is 1.30. The number of benzene rings is 3. The van der Waals surface area contributed by atoms with E-state index in [0.29, 0.717) is 35.2 Å². The number of carbonyl (C=O) groups excluding carboxylic acids is 1. The van der Waals surface area contributed by atoms with Crippen molar-refractivity contribution < 1.29 is 13.4 Å². The van der Waals surface area contributed by atoms with E-state index in [0.717, 1.165) is 28.9 Å². The van der Waals surface area contributed by atoms with E-state index in [1.807, 2.05) is 68.4 Å². The Kier molecular flexibility index (Phi) is 7.70. The summed E-state index contributed by atoms with van der Waals surface area (Å²) < 4.78 is 18.5. The molecule has 0 bridgehead atoms. The molecule has 0 saturated heterocycles. The number of hydrogen-bond donors (Lipinski definition) is 1. The van der Waals surface area contributed by atoms with E-state index in [-0.39, 0.29) is 5.91 Å². The van der Waals surface area contributed by atoms with Crippen LogP contribution in [0, 0.1) is 13.8 Å². The number of aryl methyl sites for hydroxylation is 3. The highest BCUT2D eigenvalue weighted by atomic mass is 32.2. The predicted octanol–water partition coefficient (Wildman–Crippen LogP) is 5.63. The second-order valence-electron chi connectivity index (χ2n) is 8.25. The summed E-state index contributed by atoms with van der Waals surface area (Å²) in [6, 6.07) is 25.1. The predicted molar refractivity (Wildman–Crippen MR) is 135 cm³/mol. The van der Waals surface area contributed by atoms with Crippen molar-refractivity contribution in [1.82, 2.24) is 10.3 Å². The van der Waals surface area contributed by atoms with Crippen molar-refractivity contribution in [1.29, 1.82) is 0 Å². The summed E-state index contributed by atoms with van der Waals surface area (Å²) in [6.07, 6.45) is 1.82. The third kappa shape index (κ3) is 6.08. The zero-order valence-electron chi connectivity index (χ0n) is 19.4. The number of rotatable bonds is 9. The van der Waals surface area contributed by atoms with Gasteiger partial charge in [-0.05, 0) is 68.7 Å². The summed E-state index contributed by atoms with van der Waals surface area (Å²) in [5.41, 5.74) is 4.44. The average Bonchev–Trinajstić information content (AvgIpc) is 3.22. The van der Waals surface area contributed by atoms with Gasteiger partial charge < -0.3 is 9.73 Å². The first-order valence-corrected chi connectivity index (χ1v) is 12.7. The minimum atomic E-state index is -1.20. The Labute approximate surface area is 202 Å². The minimum absolute atomic E-state index is 0.0996. The third-order valence-corrected chi connectivity index (χ3v) is 6.94. The first kappa shape index (κ1) is 23.6. The molecule has 174 valence electrons. The van der Waals surface area contributed by atoms with Gasteiger partial charge in [-0.2, -0.15) is 0 Å². The van der Waals surface area contributed by atoms with Crippen LogP contribution in [0.1, 0.15) is 39.4 Å². The van der Waals surface area contributed by atoms with Gasteiger partial charge >= 0.3 is 0 Å². The number of oxazole rings is 1. The normalized spacial score (nSPS) is 11.8. The zero-order valence-corrected chi connectivity index (χ0v) is 20.2. The molecule has 0 radical (unpaired) electrons. The van der Waals surface area contributed by atoms with Crippen LogP contribution < -0.4 is 5.32 Å². The summed E-state index contributed by atoms with van der Waals surface area (Å²) in [6.45, 7) is 4.45. The largest absolute Gasteiger partial charge is 0.441 e. The molecule has 1 atom stereocenters. The van der Waals surface area contributed by atoms with Crippen LogP contribution in [0.3, 0.4) is 0 Å². The van der Waals surface area contributed by atoms with E-state index in [2.05, 4.69) is 22.4 Å². The van der Waals surface area contributed by atoms with Crippen molar-refractivity contribution in [2.24, 2.45) is 0 Å². The van der Waals surface area contributed by atoms with Gasteiger partial charge in [0.1, 0.15) is 5.76 Å². The van der Waals surface area contributed by atoms with E-state index >= 15 is 0 Å². The number of aromatic nitrogens is 1. The quantitative estimate of drug-likeness (QED) is 0.321. The van der Waals surface area contributed by atoms with Crippen LogP contribution in [0.2, 0.25) is 0 Å². The lowest BCUT2D eigenvalue weighted by Crippen LogP contribution is -2.24. The van der Waals surface area contributed by atoms with Crippen molar-refractivity contribution in [2.45, 2.75) is 37.3 Å². The van der Waals surface area contributed by atoms with Gasteiger partial charge in [0.25, 0.3) is 5.91 Å². The molecule has 1 N–H and O–H groups in total. The smallest absolute Gasteiger partial charge is 0.251 e. The SMILES string of the molecule is Cc1ccc([S@@](=O)Cc2nc(-c3ccc(C(=O)NCCCc4ccccc4)cc3)oc2C)cc1. The molecule has 5 nitrogen and oxygen atoms in total. The summed E-state index contributed by atoms with van der Waals surface area (Å²) >= 11 is 0. The molecule has 34 heavy (non-hydrogen) atoms. The monoisotopic (exact) mass is 472 g/mol. The fourth-order valence-electron chi connectivity index (χ4n) is 3.59. The molecule has 6 heteroatoms. The van der Waals surface area contributed by atoms with Gasteiger partial charge in [-0.3, -0.25) is 9.00 Å². The topological polar surface area (TPSA) is 72.2 Å². The van der Waals surface area contributed by atoms with Gasteiger partial charge in [-0.15, -0.1) is 0 Å². The van der Waals surface area contributed by atoms with Crippen molar-refractivity contribution in [3.8, 4) is 11.5 Å². The molecule has 0 saturated carbocycles. The Morgan fingerprint density at radius 3 is 2.35 bits per heavy atom. The van der Waals surface area contributed by atoms with Crippen LogP contribution in [0.5, 0.6) is 0 Å². The first-order valence-electron chi connectivity index (χ1n) is 11.3. The number of nitrogens with zero attached hydrogens (tertiary/aromatic N) is 1. The van der Waals surface area contributed by atoms with Crippen molar-refractivity contribution in [3.05, 3.63) is 107 Å². The number of amides is 1. The van der Waals surface area contributed by atoms with E-state index in [9.17, 15) is 9.00 Å². The second kappa shape index (κ2) is 11.1. The number of nitrogens with one attached hydrogen (secondary N) is 1. The Balaban J connectivity index is 1.33. The lowest BCUT2D eigenvalue weighted by atomic mass is 10.1. The first-order chi connectivity index (χ1) is 16.5. The highest BCUT2D eigenvalue weighted by Gasteiger charge is 2.16. The van der Waals surface area contributed by atoms with E-state index in [1.165, 1.54) is 5.56 Å². The van der Waals surface area contributed by atoms with Gasteiger partial charge in [0, 0.05) is 22.6 Å². The van der Waals surface area contributed by atoms with Crippen molar-refractivity contribution in [2.75, 3.05) is 6.54 Å². The molecule has 0 aliphatic carbocycles. The van der Waals surface area contributed by atoms with E-state index in [4.69, 9.17) is 4.42 Å². The standard InChI is InChI=1S/C28H28N2O3S/c1-20-10-16-25(17-11-20)34(32)19-26-21(2)33-28(30-26)24-14-12-23(13-15-24)27(31)29-18-6-9-22-7-4-3-5-8-22/h3-5,7-8,10-17H,6,9,18-19H2,1-2H3,(H,29,31)/t34-/m0/s1. The molecule has 0 fully saturated rings. The maximum absolute atomic E-state index is 12.7. The maximum Gasteiger partial charge on any atom is 0.251 e. The van der Waals surface area contributed by atoms with Crippen LogP contribution in [0.4, 0.5) is 0 Å². The second-order valence-corrected chi connectivity index (χ2v) is 9.70. The molecule has 0 aliphatic rings. The van der Waals surface area contributed by atoms with Crippen molar-refractivity contribution in [3.63, 3.8) is 0 Å². The van der Waals surface area contributed by atoms with Gasteiger partial charge in [0.05, 0.1) is 22.2 Å². The summed E-state index contributed by atoms with van der Waals surface area (Å²) in [4.78, 5) is 17.8. The maximum atomic E-state index is 12.7. The fourth-order valence-corrected chi connectivity index (χ4v) is 4.71. The molecule has 3 aromatic carbocycles. The molecule has 0 spiro atoms. The van der Waals surface area contributed by atoms with Gasteiger partial charge in [0.15, 0.2) is 0 Å². The van der Waals surface area contributed by atoms with Crippen LogP contribution in [0.25, 0.3) is 11.5 Å². The zero-order chi connectivity index (χ0) is 23.9. The fraction of sp³-hybridized carbons (Fsp3) is 0.214. The summed E-state index contributed by atoms with van der Waals surface area (Å²) in [7, 11) is -1.20. The Hall–Kier alpha value is -3.51. The molecule has 4 aromatic rings. The Morgan fingerprint density at radius 2 is 1.65 bits per heavy atom. The molecule has 0 aliphatic heterocycles. The van der Waals surface area contributed by atoms with E-state index < -0.39 is 10.8 Å². The third-order valence-electron chi connectivity index (χ3n) is 5.61. The van der Waals surface area contributed by atoms with Crippen LogP contribution >= 0.6 is 0 Å². The van der Waals surface area contributed by atoms with Gasteiger partial charge in [-0.1, -0.05) is 48.0 Å². The lowest BCUT2D eigenvalue weighted by Gasteiger charge is -2.06. The highest BCUT2D eigenvalue weighted by Crippen LogP contribution is 2.24. The van der Waals surface area contributed by atoms with Gasteiger partial charge in [0.2, 0.25) is 5.89 Å². The van der Waals surface area contributed by atoms with Crippen molar-refractivity contribution >= 4 is 16.7 Å². The lowest BCUT2D eigenvalue weighted by molar-refractivity contribution is 0.0953. The average molecular weight is 473 g/mol. The summed E-state index contributed by atoms with van der Waals surface area (Å²) in [5, 5.41) is 2.97. The van der Waals surface area contributed by atoms with E-state index in [1.54, 1.807) is 12.1 Å². The van der Waals surface area contributed by atoms with Gasteiger partial charge in [-0.25, -0.2) is 4.98 Å². The molecule has 1 amide bonds. The van der Waals surface area contributed by atoms with Crippen LogP contribution in [-0.4, -0.2) is 21.6 Å². The number of hydrogen-bond acceptors (Lipinski definition) is 4. The van der Waals surface area contributed by atoms with Crippen LogP contribution in [-0.2, 0) is 23.0 Å². The molecular weight excluding hydrogens is 444 g/mol. The minimum Gasteiger partial charge on any atom is -0.441 e. The van der Waals surface area contributed by atoms with Crippen LogP contribution in [0.15, 0.2) is 88.2 Å². The Morgan fingerprint density at radius 1 is 0.941 bits per heavy atom. The number of carbonyl (C=O) groups is 1. The highest BCUT2D eigenvalue weighted by molar-refractivity contribution is 7.84. The molecule has 1 aromatic heterocycles. The molecule has 0 unspecified atom stereocenters. The molecule has 4 rings (SSSR count). The molecular formula is C28H28N2O3S.